The highest BCUT2D eigenvalue weighted by molar-refractivity contribution is 14.0. The molecule has 0 saturated heterocycles. The Hall–Kier alpha value is -1.83. The Labute approximate surface area is 160 Å². The Balaban J connectivity index is 0.00000288. The summed E-state index contributed by atoms with van der Waals surface area (Å²) in [5.41, 5.74) is 3.21. The molecule has 0 amide bonds. The van der Waals surface area contributed by atoms with Crippen molar-refractivity contribution < 1.29 is 4.39 Å². The Morgan fingerprint density at radius 2 is 1.58 bits per heavy atom. The van der Waals surface area contributed by atoms with Gasteiger partial charge in [-0.2, -0.15) is 0 Å². The van der Waals surface area contributed by atoms with Gasteiger partial charge in [-0.1, -0.05) is 24.3 Å². The molecule has 0 unspecified atom stereocenters. The highest BCUT2D eigenvalue weighted by atomic mass is 127. The number of nitrogens with zero attached hydrogens (tertiary/aromatic N) is 2. The van der Waals surface area contributed by atoms with E-state index in [1.165, 1.54) is 17.7 Å². The number of benzene rings is 2. The van der Waals surface area contributed by atoms with E-state index in [9.17, 15) is 4.39 Å². The van der Waals surface area contributed by atoms with Gasteiger partial charge in [-0.15, -0.1) is 24.0 Å². The largest absolute Gasteiger partial charge is 0.378 e. The summed E-state index contributed by atoms with van der Waals surface area (Å²) in [6, 6.07) is 14.8. The highest BCUT2D eigenvalue weighted by Gasteiger charge is 2.01. The molecule has 2 rings (SSSR count). The number of guanidine groups is 1. The van der Waals surface area contributed by atoms with E-state index < -0.39 is 0 Å². The van der Waals surface area contributed by atoms with Crippen molar-refractivity contribution in [3.05, 3.63) is 65.5 Å². The third-order valence-corrected chi connectivity index (χ3v) is 3.46. The van der Waals surface area contributed by atoms with Gasteiger partial charge < -0.3 is 15.5 Å². The predicted octanol–water partition coefficient (Wildman–Crippen LogP) is 3.37. The SMILES string of the molecule is CN=C(NCc1cccc(F)c1)NCc1cccc(N(C)C)c1.I. The van der Waals surface area contributed by atoms with Crippen LogP contribution in [-0.2, 0) is 13.1 Å². The van der Waals surface area contributed by atoms with E-state index in [0.29, 0.717) is 19.0 Å². The van der Waals surface area contributed by atoms with Gasteiger partial charge in [0.1, 0.15) is 5.82 Å². The smallest absolute Gasteiger partial charge is 0.191 e. The van der Waals surface area contributed by atoms with Crippen LogP contribution < -0.4 is 15.5 Å². The summed E-state index contributed by atoms with van der Waals surface area (Å²) in [5.74, 6) is 0.456. The minimum absolute atomic E-state index is 0. The molecule has 0 aromatic heterocycles. The van der Waals surface area contributed by atoms with Gasteiger partial charge in [0.05, 0.1) is 0 Å². The molecule has 0 aliphatic heterocycles. The molecule has 0 bridgehead atoms. The van der Waals surface area contributed by atoms with Crippen LogP contribution in [0.2, 0.25) is 0 Å². The van der Waals surface area contributed by atoms with Crippen molar-refractivity contribution in [2.45, 2.75) is 13.1 Å². The monoisotopic (exact) mass is 442 g/mol. The van der Waals surface area contributed by atoms with Crippen LogP contribution in [0.5, 0.6) is 0 Å². The summed E-state index contributed by atoms with van der Waals surface area (Å²) in [6.07, 6.45) is 0. The number of anilines is 1. The maximum atomic E-state index is 13.2. The summed E-state index contributed by atoms with van der Waals surface area (Å²) in [4.78, 5) is 6.26. The van der Waals surface area contributed by atoms with Crippen molar-refractivity contribution in [2.75, 3.05) is 26.0 Å². The minimum atomic E-state index is -0.229. The molecule has 0 aliphatic rings. The standard InChI is InChI=1S/C18H23FN4.HI/c1-20-18(21-12-14-6-4-8-16(19)10-14)22-13-15-7-5-9-17(11-15)23(2)3;/h4-11H,12-13H2,1-3H3,(H2,20,21,22);1H. The molecule has 0 saturated carbocycles. The van der Waals surface area contributed by atoms with Crippen LogP contribution in [0.15, 0.2) is 53.5 Å². The maximum Gasteiger partial charge on any atom is 0.191 e. The third-order valence-electron chi connectivity index (χ3n) is 3.46. The van der Waals surface area contributed by atoms with E-state index in [1.54, 1.807) is 13.1 Å². The van der Waals surface area contributed by atoms with Gasteiger partial charge in [0.2, 0.25) is 0 Å². The first kappa shape index (κ1) is 20.2. The topological polar surface area (TPSA) is 39.7 Å². The fourth-order valence-corrected chi connectivity index (χ4v) is 2.18. The van der Waals surface area contributed by atoms with Crippen molar-refractivity contribution in [1.29, 1.82) is 0 Å². The lowest BCUT2D eigenvalue weighted by Crippen LogP contribution is -2.36. The summed E-state index contributed by atoms with van der Waals surface area (Å²) >= 11 is 0. The Morgan fingerprint density at radius 3 is 2.12 bits per heavy atom. The molecule has 0 atom stereocenters. The molecule has 0 aliphatic carbocycles. The highest BCUT2D eigenvalue weighted by Crippen LogP contribution is 2.13. The number of hydrogen-bond donors (Lipinski definition) is 2. The van der Waals surface area contributed by atoms with E-state index >= 15 is 0 Å². The van der Waals surface area contributed by atoms with Crippen LogP contribution in [0.3, 0.4) is 0 Å². The van der Waals surface area contributed by atoms with Gasteiger partial charge in [-0.25, -0.2) is 4.39 Å². The first-order valence-electron chi connectivity index (χ1n) is 7.53. The average molecular weight is 442 g/mol. The van der Waals surface area contributed by atoms with Crippen LogP contribution >= 0.6 is 24.0 Å². The van der Waals surface area contributed by atoms with Crippen molar-refractivity contribution in [1.82, 2.24) is 10.6 Å². The van der Waals surface area contributed by atoms with Gasteiger partial charge in [-0.3, -0.25) is 4.99 Å². The van der Waals surface area contributed by atoms with Crippen molar-refractivity contribution in [2.24, 2.45) is 4.99 Å². The molecular formula is C18H24FIN4. The van der Waals surface area contributed by atoms with E-state index in [0.717, 1.165) is 11.3 Å². The molecule has 0 radical (unpaired) electrons. The van der Waals surface area contributed by atoms with Gasteiger partial charge in [-0.05, 0) is 35.4 Å². The number of halogens is 2. The second-order valence-corrected chi connectivity index (χ2v) is 5.47. The van der Waals surface area contributed by atoms with Crippen molar-refractivity contribution in [3.8, 4) is 0 Å². The second kappa shape index (κ2) is 10.1. The van der Waals surface area contributed by atoms with Crippen LogP contribution in [0.1, 0.15) is 11.1 Å². The lowest BCUT2D eigenvalue weighted by Gasteiger charge is -2.15. The molecule has 130 valence electrons. The Morgan fingerprint density at radius 1 is 1.00 bits per heavy atom. The van der Waals surface area contributed by atoms with Crippen LogP contribution in [0.25, 0.3) is 0 Å². The zero-order valence-electron chi connectivity index (χ0n) is 14.2. The molecule has 0 fully saturated rings. The summed E-state index contributed by atoms with van der Waals surface area (Å²) in [7, 11) is 5.76. The molecule has 4 nitrogen and oxygen atoms in total. The van der Waals surface area contributed by atoms with Gasteiger partial charge in [0.25, 0.3) is 0 Å². The molecule has 6 heteroatoms. The number of hydrogen-bond acceptors (Lipinski definition) is 2. The van der Waals surface area contributed by atoms with Crippen LogP contribution in [0, 0.1) is 5.82 Å². The summed E-state index contributed by atoms with van der Waals surface area (Å²) < 4.78 is 13.2. The van der Waals surface area contributed by atoms with Gasteiger partial charge in [0.15, 0.2) is 5.96 Å². The Bertz CT molecular complexity index is 674. The zero-order chi connectivity index (χ0) is 16.7. The number of rotatable bonds is 5. The lowest BCUT2D eigenvalue weighted by molar-refractivity contribution is 0.624. The molecule has 24 heavy (non-hydrogen) atoms. The van der Waals surface area contributed by atoms with Gasteiger partial charge in [0, 0.05) is 39.9 Å². The molecule has 2 aromatic carbocycles. The fraction of sp³-hybridized carbons (Fsp3) is 0.278. The summed E-state index contributed by atoms with van der Waals surface area (Å²) in [6.45, 7) is 1.19. The quantitative estimate of drug-likeness (QED) is 0.424. The molecule has 2 N–H and O–H groups in total. The lowest BCUT2D eigenvalue weighted by atomic mass is 10.2. The van der Waals surface area contributed by atoms with E-state index in [2.05, 4.69) is 38.7 Å². The first-order chi connectivity index (χ1) is 11.1. The van der Waals surface area contributed by atoms with Gasteiger partial charge >= 0.3 is 0 Å². The minimum Gasteiger partial charge on any atom is -0.378 e. The van der Waals surface area contributed by atoms with E-state index in [1.807, 2.05) is 26.2 Å². The number of aliphatic imine (C=N–C) groups is 1. The number of nitrogens with one attached hydrogen (secondary N) is 2. The second-order valence-electron chi connectivity index (χ2n) is 5.47. The third kappa shape index (κ3) is 6.35. The fourth-order valence-electron chi connectivity index (χ4n) is 2.18. The van der Waals surface area contributed by atoms with Crippen LogP contribution in [0.4, 0.5) is 10.1 Å². The zero-order valence-corrected chi connectivity index (χ0v) is 16.5. The molecule has 0 spiro atoms. The van der Waals surface area contributed by atoms with Crippen molar-refractivity contribution in [3.63, 3.8) is 0 Å². The normalized spacial score (nSPS) is 10.8. The first-order valence-corrected chi connectivity index (χ1v) is 7.53. The van der Waals surface area contributed by atoms with E-state index in [4.69, 9.17) is 0 Å². The van der Waals surface area contributed by atoms with Crippen LogP contribution in [-0.4, -0.2) is 27.1 Å². The molecular weight excluding hydrogens is 418 g/mol. The maximum absolute atomic E-state index is 13.2. The molecule has 2 aromatic rings. The van der Waals surface area contributed by atoms with Crippen molar-refractivity contribution >= 4 is 35.6 Å². The molecule has 0 heterocycles. The van der Waals surface area contributed by atoms with E-state index in [-0.39, 0.29) is 29.8 Å². The average Bonchev–Trinajstić information content (AvgIpc) is 2.55. The Kier molecular flexibility index (Phi) is 8.53. The predicted molar refractivity (Wildman–Crippen MR) is 110 cm³/mol. The summed E-state index contributed by atoms with van der Waals surface area (Å²) in [5, 5.41) is 6.45.